The summed E-state index contributed by atoms with van der Waals surface area (Å²) in [7, 11) is 0. The maximum Gasteiger partial charge on any atom is 0.133 e. The normalized spacial score (nSPS) is 12.5. The highest BCUT2D eigenvalue weighted by molar-refractivity contribution is 5.94. The van der Waals surface area contributed by atoms with E-state index in [2.05, 4.69) is 5.16 Å². The maximum atomic E-state index is 13.4. The number of aliphatic hydroxyl groups excluding tert-OH is 1. The van der Waals surface area contributed by atoms with Crippen LogP contribution in [0.15, 0.2) is 53.3 Å². The Morgan fingerprint density at radius 3 is 2.41 bits per heavy atom. The molecule has 0 radical (unpaired) electrons. The lowest BCUT2D eigenvalue weighted by Crippen LogP contribution is -1.98. The van der Waals surface area contributed by atoms with E-state index in [0.717, 1.165) is 50.1 Å². The van der Waals surface area contributed by atoms with Gasteiger partial charge in [0.1, 0.15) is 12.1 Å². The molecule has 0 saturated carbocycles. The van der Waals surface area contributed by atoms with Gasteiger partial charge in [-0.05, 0) is 61.7 Å². The number of hydrogen-bond acceptors (Lipinski definition) is 4. The minimum absolute atomic E-state index is 0.296. The van der Waals surface area contributed by atoms with E-state index in [1.165, 1.54) is 12.1 Å². The van der Waals surface area contributed by atoms with Crippen molar-refractivity contribution in [2.45, 2.75) is 26.9 Å². The van der Waals surface area contributed by atoms with Gasteiger partial charge in [0.25, 0.3) is 0 Å². The average Bonchev–Trinajstić information content (AvgIpc) is 3.06. The quantitative estimate of drug-likeness (QED) is 0.532. The van der Waals surface area contributed by atoms with E-state index in [4.69, 9.17) is 9.51 Å². The number of benzene rings is 2. The Bertz CT molecular complexity index is 1130. The summed E-state index contributed by atoms with van der Waals surface area (Å²) in [5, 5.41) is 15.1. The molecule has 0 amide bonds. The second kappa shape index (κ2) is 6.59. The molecule has 1 atom stereocenters. The first kappa shape index (κ1) is 17.4. The zero-order valence-electron chi connectivity index (χ0n) is 15.3. The van der Waals surface area contributed by atoms with Crippen LogP contribution in [0, 0.1) is 19.7 Å². The molecule has 0 aliphatic rings. The van der Waals surface area contributed by atoms with Crippen molar-refractivity contribution in [3.05, 3.63) is 71.4 Å². The summed E-state index contributed by atoms with van der Waals surface area (Å²) < 4.78 is 18.6. The number of aromatic nitrogens is 2. The smallest absolute Gasteiger partial charge is 0.133 e. The Kier molecular flexibility index (Phi) is 4.24. The molecule has 136 valence electrons. The topological polar surface area (TPSA) is 59.2 Å². The minimum Gasteiger partial charge on any atom is -0.389 e. The van der Waals surface area contributed by atoms with Crippen molar-refractivity contribution >= 4 is 10.9 Å². The van der Waals surface area contributed by atoms with E-state index < -0.39 is 6.10 Å². The Hall–Kier alpha value is -3.05. The van der Waals surface area contributed by atoms with Gasteiger partial charge < -0.3 is 9.63 Å². The first-order valence-electron chi connectivity index (χ1n) is 8.74. The van der Waals surface area contributed by atoms with Gasteiger partial charge in [0.2, 0.25) is 0 Å². The third kappa shape index (κ3) is 3.11. The fourth-order valence-electron chi connectivity index (χ4n) is 3.37. The van der Waals surface area contributed by atoms with Crippen molar-refractivity contribution in [1.82, 2.24) is 10.1 Å². The van der Waals surface area contributed by atoms with Crippen LogP contribution < -0.4 is 0 Å². The molecule has 2 heterocycles. The summed E-state index contributed by atoms with van der Waals surface area (Å²) in [6, 6.07) is 12.2. The highest BCUT2D eigenvalue weighted by Crippen LogP contribution is 2.37. The molecule has 0 aliphatic heterocycles. The predicted octanol–water partition coefficient (Wildman–Crippen LogP) is 5.37. The van der Waals surface area contributed by atoms with Crippen molar-refractivity contribution in [2.24, 2.45) is 0 Å². The first-order chi connectivity index (χ1) is 12.9. The molecular weight excluding hydrogens is 343 g/mol. The van der Waals surface area contributed by atoms with Gasteiger partial charge in [-0.25, -0.2) is 9.37 Å². The number of pyridine rings is 1. The summed E-state index contributed by atoms with van der Waals surface area (Å²) >= 11 is 0. The second-order valence-electron chi connectivity index (χ2n) is 6.80. The molecule has 5 heteroatoms. The van der Waals surface area contributed by atoms with Crippen molar-refractivity contribution in [2.75, 3.05) is 0 Å². The highest BCUT2D eigenvalue weighted by atomic mass is 19.1. The maximum absolute atomic E-state index is 13.4. The van der Waals surface area contributed by atoms with Crippen LogP contribution >= 0.6 is 0 Å². The number of aliphatic hydroxyl groups is 1. The van der Waals surface area contributed by atoms with E-state index in [9.17, 15) is 9.50 Å². The molecule has 2 aromatic carbocycles. The molecule has 4 nitrogen and oxygen atoms in total. The molecule has 4 aromatic rings. The number of fused-ring (bicyclic) bond motifs is 1. The molecular formula is C22H19FN2O2. The monoisotopic (exact) mass is 362 g/mol. The molecule has 0 spiro atoms. The Morgan fingerprint density at radius 2 is 1.78 bits per heavy atom. The molecule has 1 unspecified atom stereocenters. The molecule has 0 aliphatic carbocycles. The standard InChI is InChI=1S/C22H19FN2O2/c1-12-8-17(14(3)26)19-10-18(15-4-6-16(23)7-5-15)22(24-21(19)9-12)20-11-27-25-13(20)2/h4-11,14,26H,1-3H3. The number of aryl methyl sites for hydroxylation is 2. The van der Waals surface area contributed by atoms with Crippen LogP contribution in [-0.2, 0) is 0 Å². The Balaban J connectivity index is 2.09. The Morgan fingerprint density at radius 1 is 1.04 bits per heavy atom. The molecule has 27 heavy (non-hydrogen) atoms. The predicted molar refractivity (Wildman–Crippen MR) is 103 cm³/mol. The van der Waals surface area contributed by atoms with Crippen LogP contribution in [0.3, 0.4) is 0 Å². The van der Waals surface area contributed by atoms with Crippen LogP contribution in [0.5, 0.6) is 0 Å². The van der Waals surface area contributed by atoms with E-state index in [1.807, 2.05) is 32.0 Å². The van der Waals surface area contributed by atoms with Crippen LogP contribution in [0.25, 0.3) is 33.3 Å². The van der Waals surface area contributed by atoms with Crippen LogP contribution in [0.2, 0.25) is 0 Å². The second-order valence-corrected chi connectivity index (χ2v) is 6.80. The third-order valence-corrected chi connectivity index (χ3v) is 4.72. The summed E-state index contributed by atoms with van der Waals surface area (Å²) in [4.78, 5) is 4.88. The Labute approximate surface area is 156 Å². The fourth-order valence-corrected chi connectivity index (χ4v) is 3.37. The lowest BCUT2D eigenvalue weighted by atomic mass is 9.94. The first-order valence-corrected chi connectivity index (χ1v) is 8.74. The third-order valence-electron chi connectivity index (χ3n) is 4.72. The number of halogens is 1. The van der Waals surface area contributed by atoms with Crippen molar-refractivity contribution < 1.29 is 14.0 Å². The van der Waals surface area contributed by atoms with Gasteiger partial charge in [0.05, 0.1) is 28.6 Å². The van der Waals surface area contributed by atoms with Crippen molar-refractivity contribution in [3.63, 3.8) is 0 Å². The molecule has 4 rings (SSSR count). The van der Waals surface area contributed by atoms with Crippen molar-refractivity contribution in [3.8, 4) is 22.4 Å². The van der Waals surface area contributed by atoms with Gasteiger partial charge in [-0.15, -0.1) is 0 Å². The van der Waals surface area contributed by atoms with E-state index in [-0.39, 0.29) is 5.82 Å². The van der Waals surface area contributed by atoms with Crippen LogP contribution in [0.1, 0.15) is 29.8 Å². The molecule has 0 bridgehead atoms. The lowest BCUT2D eigenvalue weighted by molar-refractivity contribution is 0.201. The summed E-state index contributed by atoms with van der Waals surface area (Å²) in [5.74, 6) is -0.296. The van der Waals surface area contributed by atoms with E-state index >= 15 is 0 Å². The SMILES string of the molecule is Cc1cc(C(C)O)c2cc(-c3ccc(F)cc3)c(-c3conc3C)nc2c1. The van der Waals surface area contributed by atoms with Gasteiger partial charge >= 0.3 is 0 Å². The summed E-state index contributed by atoms with van der Waals surface area (Å²) in [6.45, 7) is 5.58. The van der Waals surface area contributed by atoms with Gasteiger partial charge in [-0.2, -0.15) is 0 Å². The van der Waals surface area contributed by atoms with Gasteiger partial charge in [-0.3, -0.25) is 0 Å². The largest absolute Gasteiger partial charge is 0.389 e. The number of rotatable bonds is 3. The molecule has 0 saturated heterocycles. The van der Waals surface area contributed by atoms with Crippen molar-refractivity contribution in [1.29, 1.82) is 0 Å². The van der Waals surface area contributed by atoms with E-state index in [0.29, 0.717) is 0 Å². The van der Waals surface area contributed by atoms with Gasteiger partial charge in [0.15, 0.2) is 0 Å². The van der Waals surface area contributed by atoms with E-state index in [1.54, 1.807) is 25.3 Å². The molecule has 0 fully saturated rings. The zero-order chi connectivity index (χ0) is 19.1. The highest BCUT2D eigenvalue weighted by Gasteiger charge is 2.18. The lowest BCUT2D eigenvalue weighted by Gasteiger charge is -2.15. The average molecular weight is 362 g/mol. The number of nitrogens with zero attached hydrogens (tertiary/aromatic N) is 2. The fraction of sp³-hybridized carbons (Fsp3) is 0.182. The molecule has 1 N–H and O–H groups in total. The van der Waals surface area contributed by atoms with Gasteiger partial charge in [0, 0.05) is 10.9 Å². The summed E-state index contributed by atoms with van der Waals surface area (Å²) in [6.07, 6.45) is 0.945. The number of hydrogen-bond donors (Lipinski definition) is 1. The minimum atomic E-state index is -0.626. The summed E-state index contributed by atoms with van der Waals surface area (Å²) in [5.41, 5.74) is 6.52. The zero-order valence-corrected chi connectivity index (χ0v) is 15.3. The van der Waals surface area contributed by atoms with Gasteiger partial charge in [-0.1, -0.05) is 23.4 Å². The van der Waals surface area contributed by atoms with Crippen LogP contribution in [0.4, 0.5) is 4.39 Å². The van der Waals surface area contributed by atoms with Crippen LogP contribution in [-0.4, -0.2) is 15.2 Å². The molecule has 2 aromatic heterocycles.